The molecule has 0 heterocycles. The molecule has 0 spiro atoms. The van der Waals surface area contributed by atoms with Gasteiger partial charge in [0.25, 0.3) is 10.1 Å². The van der Waals surface area contributed by atoms with Gasteiger partial charge in [-0.3, -0.25) is 4.55 Å². The van der Waals surface area contributed by atoms with Crippen molar-refractivity contribution >= 4 is 10.1 Å². The molecule has 6 nitrogen and oxygen atoms in total. The Balaban J connectivity index is 1.90. The van der Waals surface area contributed by atoms with Gasteiger partial charge in [-0.1, -0.05) is 327 Å². The van der Waals surface area contributed by atoms with Crippen LogP contribution < -0.4 is 0 Å². The Morgan fingerprint density at radius 1 is 0.387 bits per heavy atom. The number of aryl methyl sites for hydroxylation is 1. The van der Waals surface area contributed by atoms with Gasteiger partial charge in [0.05, 0.1) is 17.1 Å². The minimum absolute atomic E-state index is 0.0336. The lowest BCUT2D eigenvalue weighted by Crippen LogP contribution is -2.49. The zero-order valence-corrected chi connectivity index (χ0v) is 51.4. The van der Waals surface area contributed by atoms with Crippen molar-refractivity contribution in [2.75, 3.05) is 19.8 Å². The van der Waals surface area contributed by atoms with Gasteiger partial charge in [-0.2, -0.15) is 8.42 Å². The third-order valence-electron chi connectivity index (χ3n) is 16.8. The SMILES string of the molecule is CCCCCCCCCCCCCCCCCCOC1CC(Cc2cc(C)ccc2S(=O)(=O)O)CC(OCCCCCCCCCCCCCCCCCC)C1OCCCCCCCCCCCCCCCCCC. The highest BCUT2D eigenvalue weighted by Gasteiger charge is 2.40. The molecule has 0 bridgehead atoms. The van der Waals surface area contributed by atoms with Crippen LogP contribution in [0.25, 0.3) is 0 Å². The Labute approximate surface area is 468 Å². The molecule has 1 aliphatic carbocycles. The highest BCUT2D eigenvalue weighted by atomic mass is 32.2. The molecule has 1 aromatic carbocycles. The number of hydrogen-bond acceptors (Lipinski definition) is 5. The second kappa shape index (κ2) is 51.2. The highest BCUT2D eigenvalue weighted by Crippen LogP contribution is 2.35. The van der Waals surface area contributed by atoms with Gasteiger partial charge >= 0.3 is 0 Å². The summed E-state index contributed by atoms with van der Waals surface area (Å²) in [5, 5.41) is 0. The molecular formula is C68H128O6S. The van der Waals surface area contributed by atoms with Crippen LogP contribution in [0.1, 0.15) is 353 Å². The van der Waals surface area contributed by atoms with E-state index in [2.05, 4.69) is 20.8 Å². The standard InChI is InChI=1S/C68H128O6S/c1-5-8-11-14-17-20-23-26-29-32-35-38-41-44-47-50-55-72-65-60-63(59-64-58-62(4)53-54-67(64)75(69,70)71)61-66(73-56-51-48-45-42-39-36-33-30-27-24-21-18-15-12-9-6-2)68(65)74-57-52-49-46-43-40-37-34-31-28-25-22-19-16-13-10-7-3/h53-54,58,63,65-66,68H,5-52,55-57,59-61H2,1-4H3,(H,69,70,71). The average molecular weight is 1070 g/mol. The Kier molecular flexibility index (Phi) is 47.8. The van der Waals surface area contributed by atoms with E-state index in [1.54, 1.807) is 12.1 Å². The van der Waals surface area contributed by atoms with Crippen molar-refractivity contribution in [1.29, 1.82) is 0 Å². The Bertz CT molecular complexity index is 1420. The molecule has 2 unspecified atom stereocenters. The first-order valence-corrected chi connectivity index (χ1v) is 35.2. The fraction of sp³-hybridized carbons (Fsp3) is 0.912. The van der Waals surface area contributed by atoms with E-state index in [4.69, 9.17) is 14.2 Å². The van der Waals surface area contributed by atoms with Gasteiger partial charge < -0.3 is 14.2 Å². The van der Waals surface area contributed by atoms with Crippen molar-refractivity contribution in [2.45, 2.75) is 378 Å². The maximum Gasteiger partial charge on any atom is 0.294 e. The van der Waals surface area contributed by atoms with Crippen LogP contribution in [0.3, 0.4) is 0 Å². The molecule has 1 fully saturated rings. The van der Waals surface area contributed by atoms with Crippen LogP contribution >= 0.6 is 0 Å². The second-order valence-electron chi connectivity index (χ2n) is 24.2. The van der Waals surface area contributed by atoms with E-state index in [0.29, 0.717) is 12.0 Å². The minimum Gasteiger partial charge on any atom is -0.375 e. The van der Waals surface area contributed by atoms with Crippen LogP contribution in [-0.2, 0) is 30.7 Å². The summed E-state index contributed by atoms with van der Waals surface area (Å²) in [4.78, 5) is 0.0336. The predicted molar refractivity (Wildman–Crippen MR) is 325 cm³/mol. The summed E-state index contributed by atoms with van der Waals surface area (Å²) in [5.74, 6) is 0.161. The van der Waals surface area contributed by atoms with Gasteiger partial charge in [-0.05, 0) is 63.0 Å². The molecule has 2 rings (SSSR count). The number of unbranched alkanes of at least 4 members (excludes halogenated alkanes) is 45. The normalized spacial score (nSPS) is 17.1. The smallest absolute Gasteiger partial charge is 0.294 e. The molecule has 1 aromatic rings. The van der Waals surface area contributed by atoms with Crippen molar-refractivity contribution in [3.05, 3.63) is 29.3 Å². The molecule has 0 radical (unpaired) electrons. The van der Waals surface area contributed by atoms with E-state index in [0.717, 1.165) is 57.5 Å². The van der Waals surface area contributed by atoms with Gasteiger partial charge in [-0.25, -0.2) is 0 Å². The second-order valence-corrected chi connectivity index (χ2v) is 25.6. The minimum atomic E-state index is -4.34. The van der Waals surface area contributed by atoms with E-state index < -0.39 is 10.1 Å². The van der Waals surface area contributed by atoms with Crippen molar-refractivity contribution in [3.63, 3.8) is 0 Å². The number of rotatable bonds is 57. The predicted octanol–water partition coefficient (Wildman–Crippen LogP) is 22.1. The first-order valence-electron chi connectivity index (χ1n) is 33.7. The van der Waals surface area contributed by atoms with Gasteiger partial charge in [0, 0.05) is 19.8 Å². The van der Waals surface area contributed by atoms with E-state index in [1.807, 2.05) is 13.0 Å². The quantitative estimate of drug-likeness (QED) is 0.0517. The number of ether oxygens (including phenoxy) is 3. The fourth-order valence-electron chi connectivity index (χ4n) is 12.0. The van der Waals surface area contributed by atoms with Crippen LogP contribution in [-0.4, -0.2) is 51.1 Å². The van der Waals surface area contributed by atoms with E-state index in [9.17, 15) is 13.0 Å². The van der Waals surface area contributed by atoms with Crippen molar-refractivity contribution in [2.24, 2.45) is 5.92 Å². The summed E-state index contributed by atoms with van der Waals surface area (Å²) < 4.78 is 56.1. The summed E-state index contributed by atoms with van der Waals surface area (Å²) in [7, 11) is -4.34. The number of benzene rings is 1. The lowest BCUT2D eigenvalue weighted by atomic mass is 9.79. The summed E-state index contributed by atoms with van der Waals surface area (Å²) in [6.45, 7) is 11.1. The summed E-state index contributed by atoms with van der Waals surface area (Å²) in [5.41, 5.74) is 1.70. The zero-order valence-electron chi connectivity index (χ0n) is 50.6. The first-order chi connectivity index (χ1) is 36.8. The lowest BCUT2D eigenvalue weighted by molar-refractivity contribution is -0.170. The monoisotopic (exact) mass is 1070 g/mol. The largest absolute Gasteiger partial charge is 0.375 e. The van der Waals surface area contributed by atoms with E-state index >= 15 is 0 Å². The van der Waals surface area contributed by atoms with Crippen LogP contribution in [0.4, 0.5) is 0 Å². The maximum absolute atomic E-state index is 12.6. The maximum atomic E-state index is 12.6. The van der Waals surface area contributed by atoms with Crippen molar-refractivity contribution in [3.8, 4) is 0 Å². The van der Waals surface area contributed by atoms with Crippen molar-refractivity contribution < 1.29 is 27.2 Å². The highest BCUT2D eigenvalue weighted by molar-refractivity contribution is 7.85. The molecule has 0 aromatic heterocycles. The molecule has 1 aliphatic rings. The van der Waals surface area contributed by atoms with Crippen LogP contribution in [0, 0.1) is 12.8 Å². The van der Waals surface area contributed by atoms with Gasteiger partial charge in [0.2, 0.25) is 0 Å². The topological polar surface area (TPSA) is 82.1 Å². The summed E-state index contributed by atoms with van der Waals surface area (Å²) in [6, 6.07) is 5.30. The Morgan fingerprint density at radius 2 is 0.640 bits per heavy atom. The van der Waals surface area contributed by atoms with Crippen LogP contribution in [0.15, 0.2) is 23.1 Å². The molecule has 1 saturated carbocycles. The molecular weight excluding hydrogens is 945 g/mol. The van der Waals surface area contributed by atoms with E-state index in [1.165, 1.54) is 289 Å². The van der Waals surface area contributed by atoms with Crippen molar-refractivity contribution in [1.82, 2.24) is 0 Å². The average Bonchev–Trinajstić information content (AvgIpc) is 3.39. The summed E-state index contributed by atoms with van der Waals surface area (Å²) in [6.07, 6.45) is 66.8. The van der Waals surface area contributed by atoms with Crippen LogP contribution in [0.2, 0.25) is 0 Å². The van der Waals surface area contributed by atoms with Gasteiger partial charge in [0.15, 0.2) is 0 Å². The molecule has 1 N–H and O–H groups in total. The fourth-order valence-corrected chi connectivity index (χ4v) is 12.8. The van der Waals surface area contributed by atoms with E-state index in [-0.39, 0.29) is 29.1 Å². The molecule has 442 valence electrons. The third-order valence-corrected chi connectivity index (χ3v) is 17.8. The zero-order chi connectivity index (χ0) is 54.0. The third kappa shape index (κ3) is 40.8. The number of hydrogen-bond donors (Lipinski definition) is 1. The Hall–Kier alpha value is -0.990. The molecule has 0 saturated heterocycles. The molecule has 0 aliphatic heterocycles. The lowest BCUT2D eigenvalue weighted by Gasteiger charge is -2.41. The molecule has 75 heavy (non-hydrogen) atoms. The summed E-state index contributed by atoms with van der Waals surface area (Å²) >= 11 is 0. The van der Waals surface area contributed by atoms with Gasteiger partial charge in [-0.15, -0.1) is 0 Å². The Morgan fingerprint density at radius 3 is 0.907 bits per heavy atom. The first kappa shape index (κ1) is 70.1. The molecule has 2 atom stereocenters. The molecule has 7 heteroatoms. The molecule has 0 amide bonds. The van der Waals surface area contributed by atoms with Crippen LogP contribution in [0.5, 0.6) is 0 Å². The van der Waals surface area contributed by atoms with Gasteiger partial charge in [0.1, 0.15) is 6.10 Å².